The van der Waals surface area contributed by atoms with Gasteiger partial charge in [0.25, 0.3) is 0 Å². The first-order valence-electron chi connectivity index (χ1n) is 8.13. The largest absolute Gasteiger partial charge is 0.330 e. The predicted octanol–water partition coefficient (Wildman–Crippen LogP) is 4.27. The maximum Gasteiger partial charge on any atom is 0.330 e. The van der Waals surface area contributed by atoms with E-state index in [2.05, 4.69) is 4.98 Å². The summed E-state index contributed by atoms with van der Waals surface area (Å²) >= 11 is 0. The van der Waals surface area contributed by atoms with Crippen molar-refractivity contribution in [3.05, 3.63) is 96.1 Å². The highest BCUT2D eigenvalue weighted by molar-refractivity contribution is 5.83. The van der Waals surface area contributed by atoms with E-state index in [1.807, 2.05) is 36.4 Å². The second-order valence-corrected chi connectivity index (χ2v) is 6.05. The molecule has 3 aromatic rings. The summed E-state index contributed by atoms with van der Waals surface area (Å²) < 4.78 is 29.2. The molecule has 0 N–H and O–H groups in total. The van der Waals surface area contributed by atoms with Crippen LogP contribution in [0.25, 0.3) is 5.57 Å². The van der Waals surface area contributed by atoms with Crippen molar-refractivity contribution in [3.8, 4) is 0 Å². The third-order valence-corrected chi connectivity index (χ3v) is 4.42. The zero-order valence-electron chi connectivity index (χ0n) is 13.7. The Balaban J connectivity index is 1.76. The van der Waals surface area contributed by atoms with E-state index in [9.17, 15) is 13.6 Å². The van der Waals surface area contributed by atoms with Gasteiger partial charge < -0.3 is 4.90 Å². The number of nitrogens with zero attached hydrogens (tertiary/aromatic N) is 3. The van der Waals surface area contributed by atoms with Gasteiger partial charge in [0.1, 0.15) is 18.0 Å². The molecule has 1 aliphatic heterocycles. The van der Waals surface area contributed by atoms with Gasteiger partial charge in [-0.1, -0.05) is 36.4 Å². The van der Waals surface area contributed by atoms with Crippen molar-refractivity contribution < 1.29 is 13.6 Å². The van der Waals surface area contributed by atoms with Gasteiger partial charge in [-0.25, -0.2) is 18.6 Å². The van der Waals surface area contributed by atoms with Crippen LogP contribution in [0.2, 0.25) is 0 Å². The number of hydrogen-bond donors (Lipinski definition) is 0. The van der Waals surface area contributed by atoms with E-state index in [0.29, 0.717) is 5.57 Å². The Hall–Kier alpha value is -3.28. The summed E-state index contributed by atoms with van der Waals surface area (Å²) in [7, 11) is 0. The molecule has 1 atom stereocenters. The van der Waals surface area contributed by atoms with Crippen molar-refractivity contribution in [1.82, 2.24) is 14.5 Å². The summed E-state index contributed by atoms with van der Waals surface area (Å²) in [5, 5.41) is 0. The van der Waals surface area contributed by atoms with Crippen LogP contribution in [-0.2, 0) is 0 Å². The molecule has 1 amide bonds. The minimum absolute atomic E-state index is 0.173. The van der Waals surface area contributed by atoms with Gasteiger partial charge in [-0.05, 0) is 29.3 Å². The van der Waals surface area contributed by atoms with E-state index >= 15 is 0 Å². The van der Waals surface area contributed by atoms with Gasteiger partial charge in [0, 0.05) is 24.5 Å². The van der Waals surface area contributed by atoms with Gasteiger partial charge in [0.15, 0.2) is 0 Å². The number of halogens is 2. The Morgan fingerprint density at radius 2 is 1.92 bits per heavy atom. The molecule has 130 valence electrons. The molecule has 0 bridgehead atoms. The summed E-state index contributed by atoms with van der Waals surface area (Å²) in [5.74, 6) is -1.03. The average Bonchev–Trinajstić information content (AvgIpc) is 3.34. The topological polar surface area (TPSA) is 38.1 Å². The molecule has 0 aliphatic carbocycles. The minimum Gasteiger partial charge on any atom is -0.309 e. The van der Waals surface area contributed by atoms with Crippen LogP contribution in [0.3, 0.4) is 0 Å². The number of amides is 1. The molecule has 1 aromatic heterocycles. The monoisotopic (exact) mass is 351 g/mol. The normalized spacial score (nSPS) is 16.6. The van der Waals surface area contributed by atoms with Crippen LogP contribution >= 0.6 is 0 Å². The van der Waals surface area contributed by atoms with Gasteiger partial charge in [-0.3, -0.25) is 4.57 Å². The molecule has 1 aliphatic rings. The Labute approximate surface area is 149 Å². The quantitative estimate of drug-likeness (QED) is 0.691. The molecule has 0 fully saturated rings. The number of rotatable bonds is 2. The van der Waals surface area contributed by atoms with Gasteiger partial charge in [-0.2, -0.15) is 0 Å². The summed E-state index contributed by atoms with van der Waals surface area (Å²) in [6.07, 6.45) is 6.31. The van der Waals surface area contributed by atoms with Crippen LogP contribution < -0.4 is 0 Å². The fourth-order valence-corrected chi connectivity index (χ4v) is 3.17. The molecule has 0 unspecified atom stereocenters. The zero-order valence-corrected chi connectivity index (χ0v) is 13.7. The summed E-state index contributed by atoms with van der Waals surface area (Å²) in [6.45, 7) is 0.178. The molecule has 2 heterocycles. The van der Waals surface area contributed by atoms with Crippen LogP contribution in [0.1, 0.15) is 17.2 Å². The maximum atomic E-state index is 14.2. The number of benzene rings is 2. The first kappa shape index (κ1) is 16.2. The molecule has 4 rings (SSSR count). The van der Waals surface area contributed by atoms with Crippen molar-refractivity contribution in [2.75, 3.05) is 6.54 Å². The second kappa shape index (κ2) is 6.55. The van der Waals surface area contributed by atoms with Gasteiger partial charge in [-0.15, -0.1) is 0 Å². The molecular weight excluding hydrogens is 336 g/mol. The van der Waals surface area contributed by atoms with Crippen LogP contribution in [0.15, 0.2) is 73.3 Å². The van der Waals surface area contributed by atoms with Crippen LogP contribution in [0.4, 0.5) is 13.6 Å². The minimum atomic E-state index is -0.516. The Kier molecular flexibility index (Phi) is 4.08. The molecule has 26 heavy (non-hydrogen) atoms. The predicted molar refractivity (Wildman–Crippen MR) is 93.2 cm³/mol. The second-order valence-electron chi connectivity index (χ2n) is 6.05. The SMILES string of the molecule is O=C(N1CC(c2cc(F)ccc2F)=C[C@H]1c1ccccc1)n1ccnc1. The van der Waals surface area contributed by atoms with Crippen molar-refractivity contribution >= 4 is 11.6 Å². The third-order valence-electron chi connectivity index (χ3n) is 4.42. The van der Waals surface area contributed by atoms with E-state index < -0.39 is 11.6 Å². The molecule has 0 radical (unpaired) electrons. The highest BCUT2D eigenvalue weighted by atomic mass is 19.1. The lowest BCUT2D eigenvalue weighted by atomic mass is 10.0. The van der Waals surface area contributed by atoms with E-state index in [1.54, 1.807) is 11.1 Å². The number of aromatic nitrogens is 2. The van der Waals surface area contributed by atoms with Gasteiger partial charge >= 0.3 is 6.03 Å². The lowest BCUT2D eigenvalue weighted by Gasteiger charge is -2.25. The fourth-order valence-electron chi connectivity index (χ4n) is 3.17. The van der Waals surface area contributed by atoms with E-state index in [1.165, 1.54) is 17.1 Å². The van der Waals surface area contributed by atoms with Crippen LogP contribution in [-0.4, -0.2) is 27.0 Å². The van der Waals surface area contributed by atoms with Gasteiger partial charge in [0.2, 0.25) is 0 Å². The van der Waals surface area contributed by atoms with E-state index in [4.69, 9.17) is 0 Å². The number of hydrogen-bond acceptors (Lipinski definition) is 2. The highest BCUT2D eigenvalue weighted by Gasteiger charge is 2.32. The smallest absolute Gasteiger partial charge is 0.309 e. The summed E-state index contributed by atoms with van der Waals surface area (Å²) in [5.41, 5.74) is 1.64. The molecular formula is C20H15F2N3O. The van der Waals surface area contributed by atoms with E-state index in [0.717, 1.165) is 23.8 Å². The molecule has 0 spiro atoms. The molecule has 0 saturated carbocycles. The average molecular weight is 351 g/mol. The fraction of sp³-hybridized carbons (Fsp3) is 0.100. The summed E-state index contributed by atoms with van der Waals surface area (Å²) in [4.78, 5) is 18.4. The summed E-state index contributed by atoms with van der Waals surface area (Å²) in [6, 6.07) is 12.1. The number of carbonyl (C=O) groups excluding carboxylic acids is 1. The standard InChI is InChI=1S/C20H15F2N3O/c21-16-6-7-18(22)17(11-16)15-10-19(14-4-2-1-3-5-14)25(12-15)20(26)24-9-8-23-13-24/h1-11,13,19H,12H2/t19-/m0/s1. The highest BCUT2D eigenvalue weighted by Crippen LogP contribution is 2.36. The lowest BCUT2D eigenvalue weighted by Crippen LogP contribution is -2.34. The van der Waals surface area contributed by atoms with Crippen molar-refractivity contribution in [2.24, 2.45) is 0 Å². The maximum absolute atomic E-state index is 14.2. The first-order valence-corrected chi connectivity index (χ1v) is 8.13. The molecule has 4 nitrogen and oxygen atoms in total. The number of imidazole rings is 1. The Bertz CT molecular complexity index is 968. The van der Waals surface area contributed by atoms with Crippen LogP contribution in [0.5, 0.6) is 0 Å². The van der Waals surface area contributed by atoms with Crippen molar-refractivity contribution in [3.63, 3.8) is 0 Å². The third kappa shape index (κ3) is 2.90. The first-order chi connectivity index (χ1) is 12.6. The number of carbonyl (C=O) groups is 1. The Morgan fingerprint density at radius 3 is 2.65 bits per heavy atom. The zero-order chi connectivity index (χ0) is 18.1. The van der Waals surface area contributed by atoms with Crippen LogP contribution in [0, 0.1) is 11.6 Å². The van der Waals surface area contributed by atoms with Crippen molar-refractivity contribution in [1.29, 1.82) is 0 Å². The molecule has 2 aromatic carbocycles. The molecule has 0 saturated heterocycles. The van der Waals surface area contributed by atoms with E-state index in [-0.39, 0.29) is 24.2 Å². The van der Waals surface area contributed by atoms with Gasteiger partial charge in [0.05, 0.1) is 6.04 Å². The molecule has 6 heteroatoms. The van der Waals surface area contributed by atoms with Crippen molar-refractivity contribution in [2.45, 2.75) is 6.04 Å². The Morgan fingerprint density at radius 1 is 1.12 bits per heavy atom. The lowest BCUT2D eigenvalue weighted by molar-refractivity contribution is 0.199.